The first-order chi connectivity index (χ1) is 17.7. The highest BCUT2D eigenvalue weighted by Gasteiger charge is 2.28. The van der Waals surface area contributed by atoms with E-state index in [1.165, 1.54) is 38.5 Å². The SMILES string of the molecule is CC[C@@H](C)NC(=O)c1ccccc1NC(=O)CN(c1ccc(OC)c(OC)c1)S(=O)(=O)c1ccccc1. The number of methoxy groups -OCH3 is 2. The fraction of sp³-hybridized carbons (Fsp3) is 0.259. The van der Waals surface area contributed by atoms with E-state index < -0.39 is 22.5 Å². The smallest absolute Gasteiger partial charge is 0.264 e. The number of benzene rings is 3. The molecule has 0 radical (unpaired) electrons. The Hall–Kier alpha value is -4.05. The lowest BCUT2D eigenvalue weighted by molar-refractivity contribution is -0.114. The molecule has 0 heterocycles. The van der Waals surface area contributed by atoms with Gasteiger partial charge in [-0.05, 0) is 49.7 Å². The molecule has 0 aromatic heterocycles. The van der Waals surface area contributed by atoms with Gasteiger partial charge in [-0.2, -0.15) is 0 Å². The topological polar surface area (TPSA) is 114 Å². The molecule has 0 bridgehead atoms. The first-order valence-electron chi connectivity index (χ1n) is 11.7. The number of nitrogens with one attached hydrogen (secondary N) is 2. The van der Waals surface area contributed by atoms with E-state index >= 15 is 0 Å². The highest BCUT2D eigenvalue weighted by Crippen LogP contribution is 2.33. The average Bonchev–Trinajstić information content (AvgIpc) is 2.91. The lowest BCUT2D eigenvalue weighted by Crippen LogP contribution is -2.38. The lowest BCUT2D eigenvalue weighted by atomic mass is 10.1. The monoisotopic (exact) mass is 525 g/mol. The van der Waals surface area contributed by atoms with Gasteiger partial charge in [0.05, 0.1) is 36.1 Å². The van der Waals surface area contributed by atoms with Crippen molar-refractivity contribution >= 4 is 33.2 Å². The molecule has 1 atom stereocenters. The number of ether oxygens (including phenoxy) is 2. The van der Waals surface area contributed by atoms with E-state index in [2.05, 4.69) is 10.6 Å². The van der Waals surface area contributed by atoms with Gasteiger partial charge in [0.25, 0.3) is 15.9 Å². The molecule has 10 heteroatoms. The molecule has 0 saturated heterocycles. The van der Waals surface area contributed by atoms with E-state index in [9.17, 15) is 18.0 Å². The maximum atomic E-state index is 13.6. The van der Waals surface area contributed by atoms with E-state index in [1.807, 2.05) is 13.8 Å². The Balaban J connectivity index is 1.96. The van der Waals surface area contributed by atoms with Crippen LogP contribution in [0.3, 0.4) is 0 Å². The Morgan fingerprint density at radius 1 is 0.919 bits per heavy atom. The third-order valence-electron chi connectivity index (χ3n) is 5.71. The van der Waals surface area contributed by atoms with Gasteiger partial charge in [0.15, 0.2) is 11.5 Å². The molecule has 9 nitrogen and oxygen atoms in total. The van der Waals surface area contributed by atoms with Gasteiger partial charge in [0, 0.05) is 12.1 Å². The fourth-order valence-electron chi connectivity index (χ4n) is 3.53. The number of hydrogen-bond acceptors (Lipinski definition) is 6. The summed E-state index contributed by atoms with van der Waals surface area (Å²) < 4.78 is 38.8. The van der Waals surface area contributed by atoms with Gasteiger partial charge in [-0.1, -0.05) is 37.3 Å². The molecule has 2 N–H and O–H groups in total. The van der Waals surface area contributed by atoms with E-state index in [1.54, 1.807) is 48.5 Å². The molecule has 196 valence electrons. The van der Waals surface area contributed by atoms with Crippen LogP contribution in [0.4, 0.5) is 11.4 Å². The number of rotatable bonds is 11. The minimum absolute atomic E-state index is 0.0194. The van der Waals surface area contributed by atoms with E-state index in [0.29, 0.717) is 11.5 Å². The van der Waals surface area contributed by atoms with Crippen molar-refractivity contribution < 1.29 is 27.5 Å². The summed E-state index contributed by atoms with van der Waals surface area (Å²) in [5.41, 5.74) is 0.761. The van der Waals surface area contributed by atoms with Crippen molar-refractivity contribution in [2.45, 2.75) is 31.2 Å². The summed E-state index contributed by atoms with van der Waals surface area (Å²) in [4.78, 5) is 26.0. The number of anilines is 2. The van der Waals surface area contributed by atoms with Crippen LogP contribution >= 0.6 is 0 Å². The molecule has 3 aromatic carbocycles. The van der Waals surface area contributed by atoms with Crippen molar-refractivity contribution in [3.05, 3.63) is 78.4 Å². The number of carbonyl (C=O) groups is 2. The van der Waals surface area contributed by atoms with Gasteiger partial charge in [-0.25, -0.2) is 8.42 Å². The molecule has 0 aliphatic rings. The van der Waals surface area contributed by atoms with Crippen LogP contribution in [-0.2, 0) is 14.8 Å². The van der Waals surface area contributed by atoms with E-state index in [-0.39, 0.29) is 33.8 Å². The Morgan fingerprint density at radius 2 is 1.57 bits per heavy atom. The largest absolute Gasteiger partial charge is 0.493 e. The van der Waals surface area contributed by atoms with Crippen LogP contribution in [0.15, 0.2) is 77.7 Å². The number of nitrogens with zero attached hydrogens (tertiary/aromatic N) is 1. The van der Waals surface area contributed by atoms with Crippen LogP contribution in [0.25, 0.3) is 0 Å². The fourth-order valence-corrected chi connectivity index (χ4v) is 4.96. The average molecular weight is 526 g/mol. The zero-order valence-electron chi connectivity index (χ0n) is 21.2. The molecule has 0 aliphatic carbocycles. The van der Waals surface area contributed by atoms with Gasteiger partial charge in [0.1, 0.15) is 6.54 Å². The van der Waals surface area contributed by atoms with Crippen LogP contribution in [0.5, 0.6) is 11.5 Å². The molecule has 0 unspecified atom stereocenters. The van der Waals surface area contributed by atoms with Crippen LogP contribution in [0.2, 0.25) is 0 Å². The molecular formula is C27H31N3O6S. The Bertz CT molecular complexity index is 1350. The summed E-state index contributed by atoms with van der Waals surface area (Å²) in [5, 5.41) is 5.57. The van der Waals surface area contributed by atoms with E-state index in [4.69, 9.17) is 9.47 Å². The van der Waals surface area contributed by atoms with Crippen LogP contribution < -0.4 is 24.4 Å². The van der Waals surface area contributed by atoms with Crippen LogP contribution in [0.1, 0.15) is 30.6 Å². The second kappa shape index (κ2) is 12.3. The van der Waals surface area contributed by atoms with Crippen molar-refractivity contribution in [1.29, 1.82) is 0 Å². The molecule has 37 heavy (non-hydrogen) atoms. The summed E-state index contributed by atoms with van der Waals surface area (Å²) in [5.74, 6) is -0.244. The maximum Gasteiger partial charge on any atom is 0.264 e. The number of sulfonamides is 1. The number of hydrogen-bond donors (Lipinski definition) is 2. The molecule has 3 rings (SSSR count). The lowest BCUT2D eigenvalue weighted by Gasteiger charge is -2.25. The van der Waals surface area contributed by atoms with Crippen molar-refractivity contribution in [2.75, 3.05) is 30.4 Å². The summed E-state index contributed by atoms with van der Waals surface area (Å²) in [7, 11) is -1.23. The van der Waals surface area contributed by atoms with Crippen LogP contribution in [-0.4, -0.2) is 47.0 Å². The van der Waals surface area contributed by atoms with Gasteiger partial charge >= 0.3 is 0 Å². The van der Waals surface area contributed by atoms with Crippen molar-refractivity contribution in [2.24, 2.45) is 0 Å². The van der Waals surface area contributed by atoms with Crippen molar-refractivity contribution in [3.63, 3.8) is 0 Å². The minimum atomic E-state index is -4.13. The Labute approximate surface area is 217 Å². The second-order valence-electron chi connectivity index (χ2n) is 8.24. The standard InChI is InChI=1S/C27H31N3O6S/c1-5-19(2)28-27(32)22-13-9-10-14-23(22)29-26(31)18-30(37(33,34)21-11-7-6-8-12-21)20-15-16-24(35-3)25(17-20)36-4/h6-17,19H,5,18H2,1-4H3,(H,28,32)(H,29,31)/t19-/m1/s1. The van der Waals surface area contributed by atoms with Crippen molar-refractivity contribution in [1.82, 2.24) is 5.32 Å². The predicted octanol–water partition coefficient (Wildman–Crippen LogP) is 4.07. The van der Waals surface area contributed by atoms with Gasteiger partial charge < -0.3 is 20.1 Å². The molecule has 0 spiro atoms. The van der Waals surface area contributed by atoms with E-state index in [0.717, 1.165) is 10.7 Å². The zero-order chi connectivity index (χ0) is 27.0. The summed E-state index contributed by atoms with van der Waals surface area (Å²) in [6.45, 7) is 3.29. The Kier molecular flexibility index (Phi) is 9.13. The third kappa shape index (κ3) is 6.59. The zero-order valence-corrected chi connectivity index (χ0v) is 22.0. The number of amides is 2. The van der Waals surface area contributed by atoms with Gasteiger partial charge in [-0.3, -0.25) is 13.9 Å². The molecular weight excluding hydrogens is 494 g/mol. The second-order valence-corrected chi connectivity index (χ2v) is 10.1. The first kappa shape index (κ1) is 27.5. The van der Waals surface area contributed by atoms with Crippen molar-refractivity contribution in [3.8, 4) is 11.5 Å². The molecule has 2 amide bonds. The van der Waals surface area contributed by atoms with Crippen LogP contribution in [0, 0.1) is 0 Å². The summed E-state index contributed by atoms with van der Waals surface area (Å²) >= 11 is 0. The maximum absolute atomic E-state index is 13.6. The summed E-state index contributed by atoms with van der Waals surface area (Å²) in [6.07, 6.45) is 0.748. The highest BCUT2D eigenvalue weighted by atomic mass is 32.2. The first-order valence-corrected chi connectivity index (χ1v) is 13.1. The number of para-hydroxylation sites is 1. The molecule has 0 fully saturated rings. The van der Waals surface area contributed by atoms with Gasteiger partial charge in [-0.15, -0.1) is 0 Å². The molecule has 3 aromatic rings. The quantitative estimate of drug-likeness (QED) is 0.390. The Morgan fingerprint density at radius 3 is 2.22 bits per heavy atom. The third-order valence-corrected chi connectivity index (χ3v) is 7.50. The van der Waals surface area contributed by atoms with Gasteiger partial charge in [0.2, 0.25) is 5.91 Å². The predicted molar refractivity (Wildman–Crippen MR) is 143 cm³/mol. The molecule has 0 saturated carbocycles. The summed E-state index contributed by atoms with van der Waals surface area (Å²) in [6, 6.07) is 18.9. The molecule has 0 aliphatic heterocycles. The number of carbonyl (C=O) groups excluding carboxylic acids is 2. The normalized spacial score (nSPS) is 11.8. The highest BCUT2D eigenvalue weighted by molar-refractivity contribution is 7.92. The minimum Gasteiger partial charge on any atom is -0.493 e.